The molecule has 2 aromatic rings. The normalized spacial score (nSPS) is 10.8. The summed E-state index contributed by atoms with van der Waals surface area (Å²) in [5.74, 6) is 0.898. The number of methoxy groups -OCH3 is 1. The third-order valence-corrected chi connectivity index (χ3v) is 3.92. The lowest BCUT2D eigenvalue weighted by Crippen LogP contribution is -2.21. The van der Waals surface area contributed by atoms with Crippen molar-refractivity contribution >= 4 is 11.3 Å². The second-order valence-electron chi connectivity index (χ2n) is 4.55. The molecule has 0 amide bonds. The van der Waals surface area contributed by atoms with Gasteiger partial charge in [-0.15, -0.1) is 11.3 Å². The van der Waals surface area contributed by atoms with E-state index in [0.29, 0.717) is 6.61 Å². The molecule has 114 valence electrons. The molecule has 0 saturated heterocycles. The molecule has 1 aromatic heterocycles. The highest BCUT2D eigenvalue weighted by molar-refractivity contribution is 7.09. The quantitative estimate of drug-likeness (QED) is 0.723. The SMILES string of the molecule is CCOc1ccccc1-c1csc(CCNCCOC)n1. The summed E-state index contributed by atoms with van der Waals surface area (Å²) in [4.78, 5) is 4.71. The first kappa shape index (κ1) is 15.9. The van der Waals surface area contributed by atoms with Gasteiger partial charge in [0.1, 0.15) is 5.75 Å². The number of nitrogens with zero attached hydrogens (tertiary/aromatic N) is 1. The van der Waals surface area contributed by atoms with Crippen molar-refractivity contribution in [2.45, 2.75) is 13.3 Å². The summed E-state index contributed by atoms with van der Waals surface area (Å²) in [5.41, 5.74) is 2.06. The predicted octanol–water partition coefficient (Wildman–Crippen LogP) is 2.99. The summed E-state index contributed by atoms with van der Waals surface area (Å²) in [6.45, 7) is 5.20. The Morgan fingerprint density at radius 3 is 2.90 bits per heavy atom. The molecule has 0 spiro atoms. The third-order valence-electron chi connectivity index (χ3n) is 3.01. The van der Waals surface area contributed by atoms with Gasteiger partial charge in [-0.05, 0) is 19.1 Å². The standard InChI is InChI=1S/C16H22N2O2S/c1-3-20-15-7-5-4-6-13(15)14-12-21-16(18-14)8-9-17-10-11-19-2/h4-7,12,17H,3,8-11H2,1-2H3. The number of hydrogen-bond acceptors (Lipinski definition) is 5. The number of benzene rings is 1. The molecule has 0 fully saturated rings. The first-order valence-electron chi connectivity index (χ1n) is 7.21. The molecule has 1 aromatic carbocycles. The summed E-state index contributed by atoms with van der Waals surface area (Å²) >= 11 is 1.70. The molecule has 0 atom stereocenters. The molecule has 4 nitrogen and oxygen atoms in total. The van der Waals surface area contributed by atoms with E-state index in [1.165, 1.54) is 0 Å². The van der Waals surface area contributed by atoms with E-state index in [-0.39, 0.29) is 0 Å². The van der Waals surface area contributed by atoms with Gasteiger partial charge in [0.15, 0.2) is 0 Å². The second kappa shape index (κ2) is 8.77. The van der Waals surface area contributed by atoms with Crippen LogP contribution in [-0.4, -0.2) is 38.4 Å². The van der Waals surface area contributed by atoms with Crippen LogP contribution in [0.4, 0.5) is 0 Å². The van der Waals surface area contributed by atoms with E-state index in [1.54, 1.807) is 18.4 Å². The summed E-state index contributed by atoms with van der Waals surface area (Å²) in [6.07, 6.45) is 0.936. The van der Waals surface area contributed by atoms with Gasteiger partial charge in [-0.3, -0.25) is 0 Å². The maximum atomic E-state index is 5.66. The first-order valence-corrected chi connectivity index (χ1v) is 8.09. The van der Waals surface area contributed by atoms with Gasteiger partial charge in [0, 0.05) is 37.6 Å². The second-order valence-corrected chi connectivity index (χ2v) is 5.49. The van der Waals surface area contributed by atoms with E-state index in [4.69, 9.17) is 14.5 Å². The molecule has 0 aliphatic rings. The number of aromatic nitrogens is 1. The van der Waals surface area contributed by atoms with Crippen molar-refractivity contribution in [3.05, 3.63) is 34.7 Å². The molecular weight excluding hydrogens is 284 g/mol. The zero-order valence-corrected chi connectivity index (χ0v) is 13.4. The van der Waals surface area contributed by atoms with Crippen molar-refractivity contribution in [2.24, 2.45) is 0 Å². The van der Waals surface area contributed by atoms with Gasteiger partial charge in [-0.1, -0.05) is 12.1 Å². The minimum atomic E-state index is 0.664. The van der Waals surface area contributed by atoms with Gasteiger partial charge in [-0.2, -0.15) is 0 Å². The summed E-state index contributed by atoms with van der Waals surface area (Å²) in [5, 5.41) is 6.57. The predicted molar refractivity (Wildman–Crippen MR) is 87.2 cm³/mol. The topological polar surface area (TPSA) is 43.4 Å². The Bertz CT molecular complexity index is 543. The molecule has 2 rings (SSSR count). The highest BCUT2D eigenvalue weighted by Gasteiger charge is 2.09. The Labute approximate surface area is 130 Å². The Morgan fingerprint density at radius 2 is 2.10 bits per heavy atom. The van der Waals surface area contributed by atoms with Crippen LogP contribution in [0.2, 0.25) is 0 Å². The fourth-order valence-corrected chi connectivity index (χ4v) is 2.80. The van der Waals surface area contributed by atoms with Gasteiger partial charge >= 0.3 is 0 Å². The number of hydrogen-bond donors (Lipinski definition) is 1. The lowest BCUT2D eigenvalue weighted by molar-refractivity contribution is 0.199. The maximum absolute atomic E-state index is 5.66. The molecule has 0 unspecified atom stereocenters. The van der Waals surface area contributed by atoms with Crippen molar-refractivity contribution in [1.29, 1.82) is 0 Å². The van der Waals surface area contributed by atoms with E-state index in [1.807, 2.05) is 25.1 Å². The van der Waals surface area contributed by atoms with Gasteiger partial charge in [-0.25, -0.2) is 4.98 Å². The average Bonchev–Trinajstić information content (AvgIpc) is 2.97. The van der Waals surface area contributed by atoms with Crippen molar-refractivity contribution in [1.82, 2.24) is 10.3 Å². The van der Waals surface area contributed by atoms with Crippen LogP contribution in [0.15, 0.2) is 29.6 Å². The Hall–Kier alpha value is -1.43. The Balaban J connectivity index is 1.96. The lowest BCUT2D eigenvalue weighted by Gasteiger charge is -2.07. The molecule has 0 saturated carbocycles. The maximum Gasteiger partial charge on any atom is 0.128 e. The molecule has 0 radical (unpaired) electrons. The Kier molecular flexibility index (Phi) is 6.66. The zero-order chi connectivity index (χ0) is 14.9. The number of para-hydroxylation sites is 1. The molecule has 0 aliphatic carbocycles. The molecule has 1 N–H and O–H groups in total. The van der Waals surface area contributed by atoms with Crippen LogP contribution in [-0.2, 0) is 11.2 Å². The number of nitrogens with one attached hydrogen (secondary N) is 1. The van der Waals surface area contributed by atoms with Crippen LogP contribution in [0.3, 0.4) is 0 Å². The molecule has 21 heavy (non-hydrogen) atoms. The largest absolute Gasteiger partial charge is 0.493 e. The van der Waals surface area contributed by atoms with Crippen LogP contribution >= 0.6 is 11.3 Å². The van der Waals surface area contributed by atoms with Gasteiger partial charge < -0.3 is 14.8 Å². The molecule has 0 bridgehead atoms. The first-order chi connectivity index (χ1) is 10.3. The zero-order valence-electron chi connectivity index (χ0n) is 12.6. The van der Waals surface area contributed by atoms with Crippen molar-refractivity contribution in [2.75, 3.05) is 33.4 Å². The van der Waals surface area contributed by atoms with Gasteiger partial charge in [0.25, 0.3) is 0 Å². The average molecular weight is 306 g/mol. The third kappa shape index (κ3) is 4.81. The summed E-state index contributed by atoms with van der Waals surface area (Å²) < 4.78 is 10.7. The molecule has 0 aliphatic heterocycles. The van der Waals surface area contributed by atoms with E-state index < -0.39 is 0 Å². The summed E-state index contributed by atoms with van der Waals surface area (Å²) in [6, 6.07) is 8.05. The lowest BCUT2D eigenvalue weighted by atomic mass is 10.1. The van der Waals surface area contributed by atoms with E-state index in [9.17, 15) is 0 Å². The molecule has 5 heteroatoms. The summed E-state index contributed by atoms with van der Waals surface area (Å²) in [7, 11) is 1.71. The van der Waals surface area contributed by atoms with Crippen molar-refractivity contribution < 1.29 is 9.47 Å². The van der Waals surface area contributed by atoms with E-state index in [0.717, 1.165) is 48.1 Å². The van der Waals surface area contributed by atoms with E-state index in [2.05, 4.69) is 16.8 Å². The number of ether oxygens (including phenoxy) is 2. The van der Waals surface area contributed by atoms with Crippen molar-refractivity contribution in [3.63, 3.8) is 0 Å². The van der Waals surface area contributed by atoms with Gasteiger partial charge in [0.2, 0.25) is 0 Å². The van der Waals surface area contributed by atoms with Crippen LogP contribution < -0.4 is 10.1 Å². The number of rotatable bonds is 9. The fraction of sp³-hybridized carbons (Fsp3) is 0.438. The molecule has 1 heterocycles. The Morgan fingerprint density at radius 1 is 1.24 bits per heavy atom. The highest BCUT2D eigenvalue weighted by atomic mass is 32.1. The van der Waals surface area contributed by atoms with Gasteiger partial charge in [0.05, 0.1) is 23.9 Å². The minimum absolute atomic E-state index is 0.664. The highest BCUT2D eigenvalue weighted by Crippen LogP contribution is 2.30. The van der Waals surface area contributed by atoms with Crippen molar-refractivity contribution in [3.8, 4) is 17.0 Å². The van der Waals surface area contributed by atoms with Crippen LogP contribution in [0.25, 0.3) is 11.3 Å². The van der Waals surface area contributed by atoms with Crippen LogP contribution in [0.5, 0.6) is 5.75 Å². The number of thiazole rings is 1. The monoisotopic (exact) mass is 306 g/mol. The smallest absolute Gasteiger partial charge is 0.128 e. The van der Waals surface area contributed by atoms with Crippen LogP contribution in [0.1, 0.15) is 11.9 Å². The fourth-order valence-electron chi connectivity index (χ4n) is 2.00. The van der Waals surface area contributed by atoms with Crippen LogP contribution in [0, 0.1) is 0 Å². The minimum Gasteiger partial charge on any atom is -0.493 e. The molecular formula is C16H22N2O2S. The van der Waals surface area contributed by atoms with E-state index >= 15 is 0 Å².